The first-order chi connectivity index (χ1) is 7.20. The Kier molecular flexibility index (Phi) is 2.83. The standard InChI is InChI=1S/C10H11BrN4/c1-7-13-10(6-12)14-15(7)9-4-2-8(11)3-5-9/h2-5H,6,12H2,1H3. The Morgan fingerprint density at radius 2 is 2.00 bits per heavy atom. The van der Waals surface area contributed by atoms with E-state index >= 15 is 0 Å². The SMILES string of the molecule is Cc1nc(CN)nn1-c1ccc(Br)cc1. The molecule has 1 aromatic heterocycles. The molecule has 0 unspecified atom stereocenters. The fraction of sp³-hybridized carbons (Fsp3) is 0.200. The van der Waals surface area contributed by atoms with E-state index in [1.165, 1.54) is 0 Å². The van der Waals surface area contributed by atoms with Gasteiger partial charge in [-0.15, -0.1) is 5.10 Å². The number of halogens is 1. The summed E-state index contributed by atoms with van der Waals surface area (Å²) in [6, 6.07) is 7.90. The molecule has 0 spiro atoms. The van der Waals surface area contributed by atoms with Crippen molar-refractivity contribution in [3.63, 3.8) is 0 Å². The van der Waals surface area contributed by atoms with E-state index in [0.717, 1.165) is 16.0 Å². The van der Waals surface area contributed by atoms with Gasteiger partial charge in [-0.3, -0.25) is 0 Å². The zero-order valence-electron chi connectivity index (χ0n) is 8.31. The van der Waals surface area contributed by atoms with Crippen LogP contribution in [0.5, 0.6) is 0 Å². The van der Waals surface area contributed by atoms with E-state index in [2.05, 4.69) is 26.0 Å². The zero-order valence-corrected chi connectivity index (χ0v) is 9.90. The lowest BCUT2D eigenvalue weighted by molar-refractivity contribution is 0.812. The molecule has 1 heterocycles. The highest BCUT2D eigenvalue weighted by Crippen LogP contribution is 2.14. The molecule has 2 rings (SSSR count). The Hall–Kier alpha value is -1.20. The second-order valence-electron chi connectivity index (χ2n) is 3.17. The molecule has 0 fully saturated rings. The minimum absolute atomic E-state index is 0.365. The topological polar surface area (TPSA) is 56.7 Å². The van der Waals surface area contributed by atoms with Gasteiger partial charge in [0.1, 0.15) is 5.82 Å². The first-order valence-corrected chi connectivity index (χ1v) is 5.38. The molecule has 0 saturated carbocycles. The lowest BCUT2D eigenvalue weighted by Gasteiger charge is -2.02. The molecule has 15 heavy (non-hydrogen) atoms. The second kappa shape index (κ2) is 4.12. The Morgan fingerprint density at radius 3 is 2.53 bits per heavy atom. The van der Waals surface area contributed by atoms with Crippen LogP contribution in [0.1, 0.15) is 11.6 Å². The molecule has 2 aromatic rings. The summed E-state index contributed by atoms with van der Waals surface area (Å²) in [5.41, 5.74) is 6.48. The molecule has 1 aromatic carbocycles. The Morgan fingerprint density at radius 1 is 1.33 bits per heavy atom. The summed E-state index contributed by atoms with van der Waals surface area (Å²) < 4.78 is 2.83. The zero-order chi connectivity index (χ0) is 10.8. The molecule has 0 radical (unpaired) electrons. The van der Waals surface area contributed by atoms with Crippen molar-refractivity contribution in [1.82, 2.24) is 14.8 Å². The number of aromatic nitrogens is 3. The van der Waals surface area contributed by atoms with E-state index < -0.39 is 0 Å². The average Bonchev–Trinajstić information content (AvgIpc) is 2.61. The molecule has 4 nitrogen and oxygen atoms in total. The Labute approximate surface area is 96.3 Å². The molecule has 0 amide bonds. The molecule has 0 saturated heterocycles. The fourth-order valence-electron chi connectivity index (χ4n) is 1.36. The summed E-state index contributed by atoms with van der Waals surface area (Å²) in [4.78, 5) is 4.24. The van der Waals surface area contributed by atoms with Crippen LogP contribution >= 0.6 is 15.9 Å². The van der Waals surface area contributed by atoms with Gasteiger partial charge in [0.05, 0.1) is 12.2 Å². The van der Waals surface area contributed by atoms with Crippen LogP contribution in [0.4, 0.5) is 0 Å². The number of hydrogen-bond donors (Lipinski definition) is 1. The van der Waals surface area contributed by atoms with Crippen molar-refractivity contribution in [2.24, 2.45) is 5.73 Å². The van der Waals surface area contributed by atoms with Crippen LogP contribution in [0.15, 0.2) is 28.7 Å². The molecule has 0 aliphatic heterocycles. The van der Waals surface area contributed by atoms with Gasteiger partial charge in [-0.1, -0.05) is 15.9 Å². The van der Waals surface area contributed by atoms with Crippen LogP contribution in [-0.4, -0.2) is 14.8 Å². The smallest absolute Gasteiger partial charge is 0.164 e. The molecule has 0 bridgehead atoms. The van der Waals surface area contributed by atoms with Crippen LogP contribution in [0, 0.1) is 6.92 Å². The highest BCUT2D eigenvalue weighted by Gasteiger charge is 2.05. The van der Waals surface area contributed by atoms with Crippen molar-refractivity contribution < 1.29 is 0 Å². The van der Waals surface area contributed by atoms with E-state index in [0.29, 0.717) is 12.4 Å². The number of nitrogens with zero attached hydrogens (tertiary/aromatic N) is 3. The quantitative estimate of drug-likeness (QED) is 0.902. The number of rotatable bonds is 2. The summed E-state index contributed by atoms with van der Waals surface area (Å²) in [6.07, 6.45) is 0. The predicted octanol–water partition coefficient (Wildman–Crippen LogP) is 1.80. The molecule has 0 aliphatic rings. The molecule has 2 N–H and O–H groups in total. The van der Waals surface area contributed by atoms with Gasteiger partial charge in [-0.2, -0.15) is 0 Å². The molecular formula is C10H11BrN4. The largest absolute Gasteiger partial charge is 0.324 e. The van der Waals surface area contributed by atoms with Gasteiger partial charge < -0.3 is 5.73 Å². The van der Waals surface area contributed by atoms with E-state index in [4.69, 9.17) is 5.73 Å². The molecule has 0 aliphatic carbocycles. The van der Waals surface area contributed by atoms with Crippen molar-refractivity contribution >= 4 is 15.9 Å². The lowest BCUT2D eigenvalue weighted by Crippen LogP contribution is -2.01. The van der Waals surface area contributed by atoms with Crippen LogP contribution in [0.3, 0.4) is 0 Å². The first-order valence-electron chi connectivity index (χ1n) is 4.59. The number of benzene rings is 1. The lowest BCUT2D eigenvalue weighted by atomic mass is 10.3. The van der Waals surface area contributed by atoms with E-state index in [1.807, 2.05) is 31.2 Å². The molecule has 5 heteroatoms. The van der Waals surface area contributed by atoms with E-state index in [1.54, 1.807) is 4.68 Å². The van der Waals surface area contributed by atoms with Gasteiger partial charge in [0.2, 0.25) is 0 Å². The third kappa shape index (κ3) is 2.08. The van der Waals surface area contributed by atoms with Crippen molar-refractivity contribution in [3.05, 3.63) is 40.4 Å². The van der Waals surface area contributed by atoms with Crippen LogP contribution in [0.25, 0.3) is 5.69 Å². The summed E-state index contributed by atoms with van der Waals surface area (Å²) in [7, 11) is 0. The summed E-state index contributed by atoms with van der Waals surface area (Å²) >= 11 is 3.39. The van der Waals surface area contributed by atoms with Gasteiger partial charge in [0, 0.05) is 4.47 Å². The normalized spacial score (nSPS) is 10.6. The predicted molar refractivity (Wildman–Crippen MR) is 61.7 cm³/mol. The first kappa shape index (κ1) is 10.3. The molecule has 0 atom stereocenters. The van der Waals surface area contributed by atoms with Gasteiger partial charge in [0.25, 0.3) is 0 Å². The van der Waals surface area contributed by atoms with Crippen molar-refractivity contribution in [2.75, 3.05) is 0 Å². The highest BCUT2D eigenvalue weighted by molar-refractivity contribution is 9.10. The Balaban J connectivity index is 2.44. The minimum atomic E-state index is 0.365. The van der Waals surface area contributed by atoms with E-state index in [9.17, 15) is 0 Å². The monoisotopic (exact) mass is 266 g/mol. The number of aryl methyl sites for hydroxylation is 1. The third-order valence-corrected chi connectivity index (χ3v) is 2.60. The van der Waals surface area contributed by atoms with Crippen LogP contribution in [0.2, 0.25) is 0 Å². The summed E-state index contributed by atoms with van der Waals surface area (Å²) in [6.45, 7) is 2.28. The Bertz CT molecular complexity index is 461. The maximum absolute atomic E-state index is 5.49. The van der Waals surface area contributed by atoms with Gasteiger partial charge >= 0.3 is 0 Å². The van der Waals surface area contributed by atoms with Crippen LogP contribution < -0.4 is 5.73 Å². The molecular weight excluding hydrogens is 256 g/mol. The highest BCUT2D eigenvalue weighted by atomic mass is 79.9. The van der Waals surface area contributed by atoms with Gasteiger partial charge in [-0.25, -0.2) is 9.67 Å². The number of hydrogen-bond acceptors (Lipinski definition) is 3. The summed E-state index contributed by atoms with van der Waals surface area (Å²) in [5, 5.41) is 4.29. The summed E-state index contributed by atoms with van der Waals surface area (Å²) in [5.74, 6) is 1.51. The average molecular weight is 267 g/mol. The van der Waals surface area contributed by atoms with Crippen molar-refractivity contribution in [1.29, 1.82) is 0 Å². The maximum atomic E-state index is 5.49. The van der Waals surface area contributed by atoms with E-state index in [-0.39, 0.29) is 0 Å². The van der Waals surface area contributed by atoms with Crippen LogP contribution in [-0.2, 0) is 6.54 Å². The fourth-order valence-corrected chi connectivity index (χ4v) is 1.62. The maximum Gasteiger partial charge on any atom is 0.164 e. The second-order valence-corrected chi connectivity index (χ2v) is 4.08. The number of nitrogens with two attached hydrogens (primary N) is 1. The van der Waals surface area contributed by atoms with Gasteiger partial charge in [-0.05, 0) is 31.2 Å². The minimum Gasteiger partial charge on any atom is -0.324 e. The van der Waals surface area contributed by atoms with Crippen molar-refractivity contribution in [2.45, 2.75) is 13.5 Å². The van der Waals surface area contributed by atoms with Crippen molar-refractivity contribution in [3.8, 4) is 5.69 Å². The van der Waals surface area contributed by atoms with Gasteiger partial charge in [0.15, 0.2) is 5.82 Å². The molecule has 78 valence electrons. The third-order valence-electron chi connectivity index (χ3n) is 2.07.